The number of carboxylic acids is 1. The van der Waals surface area contributed by atoms with Crippen LogP contribution in [0.2, 0.25) is 0 Å². The molecule has 80 heavy (non-hydrogen) atoms. The number of likely N-dealkylation sites (tertiary alicyclic amines) is 1. The molecule has 2 aromatic rings. The van der Waals surface area contributed by atoms with Crippen LogP contribution in [0.1, 0.15) is 160 Å². The van der Waals surface area contributed by atoms with Crippen LogP contribution < -0.4 is 26.6 Å². The number of hydrogen-bond acceptors (Lipinski definition) is 16. The number of phenols is 1. The van der Waals surface area contributed by atoms with Crippen LogP contribution in [0.5, 0.6) is 5.75 Å². The van der Waals surface area contributed by atoms with Crippen LogP contribution >= 0.6 is 23.1 Å². The lowest BCUT2D eigenvalue weighted by molar-refractivity contribution is -0.149. The summed E-state index contributed by atoms with van der Waals surface area (Å²) in [6.07, 6.45) is 2.37. The maximum absolute atomic E-state index is 13.8. The number of nitrogens with zero attached hydrogens (tertiary/aromatic N) is 4. The minimum atomic E-state index is -1.08. The number of aromatic nitrogens is 1. The summed E-state index contributed by atoms with van der Waals surface area (Å²) < 4.78 is 5.72. The number of carbonyl (C=O) groups excluding carboxylic acids is 9. The van der Waals surface area contributed by atoms with E-state index in [0.717, 1.165) is 17.8 Å². The Labute approximate surface area is 479 Å². The molecule has 1 aliphatic rings. The number of ether oxygens (including phenoxy) is 1. The molecule has 8 amide bonds. The number of aliphatic carboxylic acids is 1. The Balaban J connectivity index is 1.65. The summed E-state index contributed by atoms with van der Waals surface area (Å²) in [7, 11) is 5.29. The first-order valence-corrected chi connectivity index (χ1v) is 29.5. The predicted octanol–water partition coefficient (Wildman–Crippen LogP) is 5.43. The number of aromatic hydroxyl groups is 1. The van der Waals surface area contributed by atoms with E-state index < -0.39 is 64.9 Å². The molecule has 1 aliphatic heterocycles. The number of imide groups is 1. The minimum Gasteiger partial charge on any atom is -0.506 e. The van der Waals surface area contributed by atoms with Crippen molar-refractivity contribution in [1.29, 1.82) is 0 Å². The average molecular weight is 1160 g/mol. The van der Waals surface area contributed by atoms with Gasteiger partial charge in [0.2, 0.25) is 41.4 Å². The van der Waals surface area contributed by atoms with Crippen molar-refractivity contribution in [2.24, 2.45) is 17.8 Å². The molecule has 24 heteroatoms. The minimum absolute atomic E-state index is 0.00493. The maximum Gasteiger partial charge on any atom is 0.306 e. The molecule has 0 saturated carbocycles. The lowest BCUT2D eigenvalue weighted by atomic mass is 9.95. The van der Waals surface area contributed by atoms with Gasteiger partial charge in [-0.05, 0) is 93.8 Å². The number of likely N-dealkylation sites (N-methyl/N-ethyl adjacent to an activating group) is 1. The van der Waals surface area contributed by atoms with E-state index in [1.807, 2.05) is 41.5 Å². The van der Waals surface area contributed by atoms with Crippen molar-refractivity contribution in [3.63, 3.8) is 0 Å². The van der Waals surface area contributed by atoms with E-state index in [2.05, 4.69) is 31.6 Å². The topological polar surface area (TPSA) is 303 Å². The Morgan fingerprint density at radius 1 is 0.887 bits per heavy atom. The summed E-state index contributed by atoms with van der Waals surface area (Å²) in [6, 6.07) is 2.45. The Morgan fingerprint density at radius 3 is 2.21 bits per heavy atom. The quantitative estimate of drug-likeness (QED) is 0.0194. The van der Waals surface area contributed by atoms with Gasteiger partial charge in [-0.15, -0.1) is 23.1 Å². The molecule has 1 saturated heterocycles. The summed E-state index contributed by atoms with van der Waals surface area (Å²) in [6.45, 7) is 15.4. The molecular formula is C56H87N9O13S2. The zero-order valence-corrected chi connectivity index (χ0v) is 50.1. The molecule has 22 nitrogen and oxygen atoms in total. The van der Waals surface area contributed by atoms with Gasteiger partial charge in [-0.1, -0.05) is 61.0 Å². The van der Waals surface area contributed by atoms with E-state index in [1.54, 1.807) is 37.0 Å². The van der Waals surface area contributed by atoms with Crippen molar-refractivity contribution in [3.8, 4) is 5.75 Å². The first-order chi connectivity index (χ1) is 37.7. The highest BCUT2D eigenvalue weighted by Crippen LogP contribution is 2.32. The Morgan fingerprint density at radius 2 is 1.57 bits per heavy atom. The lowest BCUT2D eigenvalue weighted by Crippen LogP contribution is -2.47. The van der Waals surface area contributed by atoms with Gasteiger partial charge >= 0.3 is 11.9 Å². The number of esters is 1. The Bertz CT molecular complexity index is 2440. The summed E-state index contributed by atoms with van der Waals surface area (Å²) in [4.78, 5) is 138. The SMILES string of the molecule is CC[C@H](C)CC(=O)N(C)C(C[C@@H](OC(C)=O)c1nc(C(=O)N[C@@H](Cc2ccc(O)c(NC(=O)CCCNC(=O)[C@H](CCCCNC(=O)CN(C)C)NC(=O)CCCN3C(=O)CC(SC(C)C)C3=O)c2)CC(C)C(=O)O)cs1)C(C)C. The first-order valence-electron chi connectivity index (χ1n) is 27.7. The van der Waals surface area contributed by atoms with Crippen LogP contribution in [0.4, 0.5) is 5.69 Å². The molecule has 1 fully saturated rings. The predicted molar refractivity (Wildman–Crippen MR) is 306 cm³/mol. The molecule has 3 rings (SSSR count). The van der Waals surface area contributed by atoms with Gasteiger partial charge in [-0.25, -0.2) is 4.98 Å². The van der Waals surface area contributed by atoms with E-state index in [0.29, 0.717) is 36.4 Å². The molecular weight excluding hydrogens is 1070 g/mol. The largest absolute Gasteiger partial charge is 0.506 e. The molecule has 7 N–H and O–H groups in total. The second kappa shape index (κ2) is 34.2. The highest BCUT2D eigenvalue weighted by atomic mass is 32.2. The number of rotatable bonds is 36. The lowest BCUT2D eigenvalue weighted by Gasteiger charge is -2.34. The van der Waals surface area contributed by atoms with Gasteiger partial charge in [0.05, 0.1) is 23.4 Å². The zero-order chi connectivity index (χ0) is 59.8. The standard InChI is InChI=1S/C56H87N9O13S2/c1-12-35(6)25-50(71)64(11)43(33(2)3)29-45(78-37(8)66)54-62-42(32-79-54)53(74)59-39(26-36(7)56(76)77)27-38-20-21-44(67)41(28-38)61-47(68)18-15-23-58-52(73)40(17-13-14-22-57-49(70)31-63(9)10)60-48(69)19-16-24-65-51(72)30-46(55(65)75)80-34(4)5/h20-21,28,32-36,39-40,43,45-46,67H,12-19,22-27,29-31H2,1-11H3,(H,57,70)(H,58,73)(H,59,74)(H,60,69)(H,61,68)(H,76,77)/t35-,36?,39+,40-,43?,45+,46?/m0/s1. The number of carbonyl (C=O) groups is 10. The van der Waals surface area contributed by atoms with Gasteiger partial charge in [0.15, 0.2) is 6.10 Å². The number of carboxylic acid groups (broad SMARTS) is 1. The van der Waals surface area contributed by atoms with Crippen molar-refractivity contribution in [1.82, 2.24) is 41.0 Å². The molecule has 7 atom stereocenters. The van der Waals surface area contributed by atoms with Gasteiger partial charge in [-0.3, -0.25) is 52.8 Å². The van der Waals surface area contributed by atoms with E-state index >= 15 is 0 Å². The smallest absolute Gasteiger partial charge is 0.306 e. The highest BCUT2D eigenvalue weighted by molar-refractivity contribution is 8.01. The maximum atomic E-state index is 13.8. The van der Waals surface area contributed by atoms with Gasteiger partial charge in [-0.2, -0.15) is 0 Å². The number of hydrogen-bond donors (Lipinski definition) is 7. The third-order valence-corrected chi connectivity index (χ3v) is 15.7. The second-order valence-electron chi connectivity index (χ2n) is 21.7. The molecule has 2 heterocycles. The Hall–Kier alpha value is -6.14. The van der Waals surface area contributed by atoms with Gasteiger partial charge in [0, 0.05) is 83.2 Å². The number of thioether (sulfide) groups is 1. The number of nitrogens with one attached hydrogen (secondary N) is 5. The molecule has 3 unspecified atom stereocenters. The summed E-state index contributed by atoms with van der Waals surface area (Å²) in [5.74, 6) is -5.31. The average Bonchev–Trinajstić information content (AvgIpc) is 3.98. The first kappa shape index (κ1) is 68.1. The fourth-order valence-electron chi connectivity index (χ4n) is 8.98. The molecule has 0 aliphatic carbocycles. The summed E-state index contributed by atoms with van der Waals surface area (Å²) in [5.41, 5.74) is 0.627. The number of thiazole rings is 1. The second-order valence-corrected chi connectivity index (χ2v) is 24.3. The van der Waals surface area contributed by atoms with Crippen LogP contribution in [0.3, 0.4) is 0 Å². The number of phenolic OH excluding ortho intramolecular Hbond substituents is 1. The van der Waals surface area contributed by atoms with Gasteiger partial charge < -0.3 is 51.3 Å². The highest BCUT2D eigenvalue weighted by Gasteiger charge is 2.39. The van der Waals surface area contributed by atoms with Gasteiger partial charge in [0.25, 0.3) is 5.91 Å². The fourth-order valence-corrected chi connectivity index (χ4v) is 11.0. The van der Waals surface area contributed by atoms with Crippen molar-refractivity contribution < 1.29 is 62.9 Å². The summed E-state index contributed by atoms with van der Waals surface area (Å²) in [5, 5.41) is 36.2. The molecule has 1 aromatic heterocycles. The van der Waals surface area contributed by atoms with E-state index in [1.165, 1.54) is 48.0 Å². The molecule has 0 radical (unpaired) electrons. The number of benzene rings is 1. The molecule has 1 aromatic carbocycles. The number of unbranched alkanes of at least 4 members (excludes halogenated alkanes) is 1. The fraction of sp³-hybridized carbons (Fsp3) is 0.661. The van der Waals surface area contributed by atoms with E-state index in [4.69, 9.17) is 4.74 Å². The van der Waals surface area contributed by atoms with Crippen LogP contribution in [0, 0.1) is 17.8 Å². The molecule has 0 spiro atoms. The third-order valence-electron chi connectivity index (χ3n) is 13.5. The van der Waals surface area contributed by atoms with Crippen molar-refractivity contribution in [2.45, 2.75) is 174 Å². The van der Waals surface area contributed by atoms with Crippen LogP contribution in [-0.4, -0.2) is 165 Å². The molecule has 0 bridgehead atoms. The monoisotopic (exact) mass is 1160 g/mol. The van der Waals surface area contributed by atoms with Crippen molar-refractivity contribution >= 4 is 88.0 Å². The van der Waals surface area contributed by atoms with Crippen LogP contribution in [0.25, 0.3) is 0 Å². The van der Waals surface area contributed by atoms with Crippen LogP contribution in [0.15, 0.2) is 23.6 Å². The van der Waals surface area contributed by atoms with Crippen LogP contribution in [-0.2, 0) is 54.3 Å². The normalized spacial score (nSPS) is 15.7. The van der Waals surface area contributed by atoms with Crippen molar-refractivity contribution in [3.05, 3.63) is 39.8 Å². The van der Waals surface area contributed by atoms with Gasteiger partial charge in [0.1, 0.15) is 22.5 Å². The zero-order valence-electron chi connectivity index (χ0n) is 48.5. The van der Waals surface area contributed by atoms with Crippen molar-refractivity contribution in [2.75, 3.05) is 52.6 Å². The number of anilines is 1. The van der Waals surface area contributed by atoms with E-state index in [9.17, 15) is 58.2 Å². The molecule has 446 valence electrons. The summed E-state index contributed by atoms with van der Waals surface area (Å²) >= 11 is 2.55. The Kier molecular flexibility index (Phi) is 29.1. The van der Waals surface area contributed by atoms with E-state index in [-0.39, 0.29) is 141 Å². The third kappa shape index (κ3) is 23.9. The number of amides is 8.